The minimum Gasteiger partial charge on any atom is -0.496 e. The molecule has 192 valence electrons. The van der Waals surface area contributed by atoms with Gasteiger partial charge in [-0.2, -0.15) is 0 Å². The van der Waals surface area contributed by atoms with E-state index >= 15 is 0 Å². The van der Waals surface area contributed by atoms with Crippen LogP contribution in [0.2, 0.25) is 0 Å². The van der Waals surface area contributed by atoms with E-state index in [4.69, 9.17) is 23.5 Å². The molecule has 0 unspecified atom stereocenters. The zero-order valence-electron chi connectivity index (χ0n) is 21.1. The molecule has 0 heterocycles. The number of methoxy groups -OCH3 is 2. The van der Waals surface area contributed by atoms with Crippen LogP contribution in [0.1, 0.15) is 30.6 Å². The predicted molar refractivity (Wildman–Crippen MR) is 140 cm³/mol. The molecule has 0 fully saturated rings. The summed E-state index contributed by atoms with van der Waals surface area (Å²) in [4.78, 5) is 11.8. The second-order valence-electron chi connectivity index (χ2n) is 8.98. The third-order valence-electron chi connectivity index (χ3n) is 6.45. The quantitative estimate of drug-likeness (QED) is 0.319. The number of fused-ring (bicyclic) bond motifs is 1. The SMILES string of the molecule is COc1ccc(OC)c2c1C[C@@](COC(C)=O)(OB(O)c1ccccc1)C[C@H]2OB(O)c1ccccc1. The first kappa shape index (κ1) is 26.8. The molecule has 0 aliphatic heterocycles. The minimum atomic E-state index is -1.30. The van der Waals surface area contributed by atoms with Crippen LogP contribution < -0.4 is 20.4 Å². The topological polar surface area (TPSA) is 104 Å². The molecule has 0 aromatic heterocycles. The molecule has 2 atom stereocenters. The molecule has 0 radical (unpaired) electrons. The molecule has 8 nitrogen and oxygen atoms in total. The van der Waals surface area contributed by atoms with Gasteiger partial charge in [-0.05, 0) is 23.1 Å². The highest BCUT2D eigenvalue weighted by Crippen LogP contribution is 2.47. The molecular formula is C27H30B2O8. The Kier molecular flexibility index (Phi) is 8.56. The summed E-state index contributed by atoms with van der Waals surface area (Å²) in [5.74, 6) is 0.636. The summed E-state index contributed by atoms with van der Waals surface area (Å²) in [7, 11) is 0.565. The Morgan fingerprint density at radius 3 is 2.03 bits per heavy atom. The minimum absolute atomic E-state index is 0.146. The van der Waals surface area contributed by atoms with Gasteiger partial charge >= 0.3 is 20.2 Å². The highest BCUT2D eigenvalue weighted by molar-refractivity contribution is 6.60. The highest BCUT2D eigenvalue weighted by atomic mass is 16.6. The van der Waals surface area contributed by atoms with Crippen LogP contribution in [0.15, 0.2) is 72.8 Å². The van der Waals surface area contributed by atoms with Crippen LogP contribution in [0, 0.1) is 0 Å². The number of rotatable bonds is 10. The third kappa shape index (κ3) is 6.17. The van der Waals surface area contributed by atoms with E-state index in [9.17, 15) is 14.8 Å². The van der Waals surface area contributed by atoms with E-state index in [1.165, 1.54) is 6.92 Å². The molecule has 3 aromatic carbocycles. The van der Waals surface area contributed by atoms with Gasteiger partial charge in [0.15, 0.2) is 0 Å². The molecule has 0 saturated heterocycles. The van der Waals surface area contributed by atoms with Crippen molar-refractivity contribution in [3.05, 3.63) is 83.9 Å². The fourth-order valence-corrected chi connectivity index (χ4v) is 4.72. The molecule has 1 aliphatic carbocycles. The molecule has 0 saturated carbocycles. The lowest BCUT2D eigenvalue weighted by atomic mass is 9.72. The van der Waals surface area contributed by atoms with Gasteiger partial charge in [-0.15, -0.1) is 0 Å². The van der Waals surface area contributed by atoms with Gasteiger partial charge < -0.3 is 33.6 Å². The third-order valence-corrected chi connectivity index (χ3v) is 6.45. The number of carbonyl (C=O) groups is 1. The van der Waals surface area contributed by atoms with Crippen LogP contribution in [0.5, 0.6) is 11.5 Å². The molecule has 2 N–H and O–H groups in total. The first-order valence-electron chi connectivity index (χ1n) is 12.0. The summed E-state index contributed by atoms with van der Waals surface area (Å²) in [6.45, 7) is 1.17. The Balaban J connectivity index is 1.78. The lowest BCUT2D eigenvalue weighted by Crippen LogP contribution is -2.52. The fraction of sp³-hybridized carbons (Fsp3) is 0.296. The van der Waals surface area contributed by atoms with Gasteiger partial charge in [0.2, 0.25) is 0 Å². The van der Waals surface area contributed by atoms with Gasteiger partial charge in [-0.1, -0.05) is 60.7 Å². The summed E-state index contributed by atoms with van der Waals surface area (Å²) >= 11 is 0. The van der Waals surface area contributed by atoms with Crippen molar-refractivity contribution < 1.29 is 38.4 Å². The van der Waals surface area contributed by atoms with Gasteiger partial charge in [-0.25, -0.2) is 0 Å². The lowest BCUT2D eigenvalue weighted by Gasteiger charge is -2.43. The monoisotopic (exact) mass is 504 g/mol. The van der Waals surface area contributed by atoms with Crippen molar-refractivity contribution in [3.8, 4) is 11.5 Å². The van der Waals surface area contributed by atoms with Gasteiger partial charge in [0.1, 0.15) is 18.1 Å². The van der Waals surface area contributed by atoms with E-state index < -0.39 is 31.9 Å². The van der Waals surface area contributed by atoms with Crippen LogP contribution in [-0.4, -0.2) is 56.7 Å². The largest absolute Gasteiger partial charge is 0.496 e. The Morgan fingerprint density at radius 1 is 0.892 bits per heavy atom. The maximum absolute atomic E-state index is 11.8. The van der Waals surface area contributed by atoms with Crippen LogP contribution in [0.4, 0.5) is 0 Å². The van der Waals surface area contributed by atoms with Gasteiger partial charge in [0, 0.05) is 30.9 Å². The zero-order chi connectivity index (χ0) is 26.4. The normalized spacial score (nSPS) is 18.5. The molecule has 4 rings (SSSR count). The van der Waals surface area contributed by atoms with E-state index in [1.807, 2.05) is 24.3 Å². The number of esters is 1. The Hall–Kier alpha value is -3.30. The predicted octanol–water partition coefficient (Wildman–Crippen LogP) is 1.80. The smallest absolute Gasteiger partial charge is 0.491 e. The molecule has 0 amide bonds. The van der Waals surface area contributed by atoms with E-state index in [-0.39, 0.29) is 19.4 Å². The molecule has 3 aromatic rings. The molecular weight excluding hydrogens is 474 g/mol. The average Bonchev–Trinajstić information content (AvgIpc) is 2.92. The van der Waals surface area contributed by atoms with Gasteiger partial charge in [-0.3, -0.25) is 4.79 Å². The van der Waals surface area contributed by atoms with E-state index in [1.54, 1.807) is 62.8 Å². The number of hydrogen-bond donors (Lipinski definition) is 2. The second kappa shape index (κ2) is 11.8. The summed E-state index contributed by atoms with van der Waals surface area (Å²) in [6, 6.07) is 21.5. The van der Waals surface area contributed by atoms with Crippen molar-refractivity contribution in [1.82, 2.24) is 0 Å². The van der Waals surface area contributed by atoms with Crippen molar-refractivity contribution in [2.45, 2.75) is 31.5 Å². The van der Waals surface area contributed by atoms with E-state index in [0.717, 1.165) is 0 Å². The zero-order valence-corrected chi connectivity index (χ0v) is 21.1. The average molecular weight is 504 g/mol. The molecule has 0 spiro atoms. The molecule has 10 heteroatoms. The van der Waals surface area contributed by atoms with Crippen molar-refractivity contribution in [2.75, 3.05) is 20.8 Å². The van der Waals surface area contributed by atoms with Crippen molar-refractivity contribution in [2.24, 2.45) is 0 Å². The number of carbonyl (C=O) groups excluding carboxylic acids is 1. The molecule has 37 heavy (non-hydrogen) atoms. The first-order chi connectivity index (χ1) is 17.9. The summed E-state index contributed by atoms with van der Waals surface area (Å²) < 4.78 is 29.2. The van der Waals surface area contributed by atoms with Crippen molar-refractivity contribution in [1.29, 1.82) is 0 Å². The van der Waals surface area contributed by atoms with Crippen LogP contribution in [-0.2, 0) is 25.3 Å². The van der Waals surface area contributed by atoms with Crippen molar-refractivity contribution in [3.63, 3.8) is 0 Å². The van der Waals surface area contributed by atoms with E-state index in [2.05, 4.69) is 0 Å². The van der Waals surface area contributed by atoms with Crippen molar-refractivity contribution >= 4 is 31.1 Å². The number of ether oxygens (including phenoxy) is 3. The van der Waals surface area contributed by atoms with Crippen LogP contribution in [0.25, 0.3) is 0 Å². The lowest BCUT2D eigenvalue weighted by molar-refractivity contribution is -0.150. The maximum Gasteiger partial charge on any atom is 0.491 e. The van der Waals surface area contributed by atoms with Crippen LogP contribution >= 0.6 is 0 Å². The van der Waals surface area contributed by atoms with Crippen LogP contribution in [0.3, 0.4) is 0 Å². The number of benzene rings is 3. The Morgan fingerprint density at radius 2 is 1.46 bits per heavy atom. The maximum atomic E-state index is 11.8. The number of hydrogen-bond acceptors (Lipinski definition) is 8. The molecule has 1 aliphatic rings. The summed E-state index contributed by atoms with van der Waals surface area (Å²) in [5.41, 5.74) is 1.34. The summed E-state index contributed by atoms with van der Waals surface area (Å²) in [6.07, 6.45) is -0.353. The second-order valence-corrected chi connectivity index (χ2v) is 8.98. The summed E-state index contributed by atoms with van der Waals surface area (Å²) in [5, 5.41) is 22.0. The standard InChI is InChI=1S/C27H30B2O8/c1-19(30)35-18-27(37-29(32)21-12-8-5-9-13-21)16-22-23(33-2)14-15-24(34-3)26(22)25(17-27)36-28(31)20-10-6-4-7-11-20/h4-15,25,31-32H,16-18H2,1-3H3/t25-,27-/m1/s1. The van der Waals surface area contributed by atoms with E-state index in [0.29, 0.717) is 33.6 Å². The molecule has 0 bridgehead atoms. The highest BCUT2D eigenvalue weighted by Gasteiger charge is 2.47. The Bertz CT molecular complexity index is 1190. The first-order valence-corrected chi connectivity index (χ1v) is 12.0. The Labute approximate surface area is 217 Å². The van der Waals surface area contributed by atoms with Gasteiger partial charge in [0.25, 0.3) is 0 Å². The fourth-order valence-electron chi connectivity index (χ4n) is 4.72. The van der Waals surface area contributed by atoms with Gasteiger partial charge in [0.05, 0.1) is 25.9 Å².